The third-order valence-corrected chi connectivity index (χ3v) is 2.53. The van der Waals surface area contributed by atoms with Gasteiger partial charge in [0.1, 0.15) is 17.4 Å². The first-order valence-corrected chi connectivity index (χ1v) is 5.15. The van der Waals surface area contributed by atoms with Crippen LogP contribution in [0.2, 0.25) is 0 Å². The van der Waals surface area contributed by atoms with Gasteiger partial charge in [-0.3, -0.25) is 0 Å². The summed E-state index contributed by atoms with van der Waals surface area (Å²) < 4.78 is 5.61. The molecule has 0 amide bonds. The van der Waals surface area contributed by atoms with Crippen LogP contribution in [0.25, 0.3) is 11.0 Å². The lowest BCUT2D eigenvalue weighted by molar-refractivity contribution is 0.0448. The Balaban J connectivity index is 2.45. The largest absolute Gasteiger partial charge is 0.458 e. The number of benzene rings is 1. The van der Waals surface area contributed by atoms with E-state index in [-0.39, 0.29) is 5.41 Å². The number of fused-ring (bicyclic) bond motifs is 1. The summed E-state index contributed by atoms with van der Waals surface area (Å²) in [6, 6.07) is 9.70. The molecule has 2 rings (SSSR count). The SMILES string of the molecule is CC(C)(C)C(O)c1cc2ccccc2o1. The lowest BCUT2D eigenvalue weighted by Crippen LogP contribution is -2.16. The molecule has 0 saturated carbocycles. The van der Waals surface area contributed by atoms with Crippen LogP contribution >= 0.6 is 0 Å². The molecule has 0 aliphatic rings. The second kappa shape index (κ2) is 3.38. The Morgan fingerprint density at radius 1 is 1.20 bits per heavy atom. The maximum atomic E-state index is 10.1. The normalized spacial score (nSPS) is 14.4. The second-order valence-corrected chi connectivity index (χ2v) is 4.96. The summed E-state index contributed by atoms with van der Waals surface area (Å²) in [6.07, 6.45) is -0.565. The van der Waals surface area contributed by atoms with Gasteiger partial charge in [-0.25, -0.2) is 0 Å². The lowest BCUT2D eigenvalue weighted by atomic mass is 9.88. The number of aliphatic hydroxyl groups is 1. The van der Waals surface area contributed by atoms with Crippen molar-refractivity contribution in [3.05, 3.63) is 36.1 Å². The molecule has 0 aliphatic carbocycles. The average molecular weight is 204 g/mol. The highest BCUT2D eigenvalue weighted by molar-refractivity contribution is 5.77. The van der Waals surface area contributed by atoms with Crippen molar-refractivity contribution < 1.29 is 9.52 Å². The molecule has 0 saturated heterocycles. The molecule has 0 spiro atoms. The Kier molecular flexibility index (Phi) is 2.31. The quantitative estimate of drug-likeness (QED) is 0.771. The van der Waals surface area contributed by atoms with Gasteiger partial charge in [-0.15, -0.1) is 0 Å². The van der Waals surface area contributed by atoms with E-state index in [1.54, 1.807) is 0 Å². The van der Waals surface area contributed by atoms with Crippen molar-refractivity contribution in [3.63, 3.8) is 0 Å². The van der Waals surface area contributed by atoms with Gasteiger partial charge in [0.05, 0.1) is 0 Å². The number of rotatable bonds is 1. The molecule has 1 aromatic heterocycles. The van der Waals surface area contributed by atoms with E-state index < -0.39 is 6.10 Å². The highest BCUT2D eigenvalue weighted by Crippen LogP contribution is 2.35. The summed E-state index contributed by atoms with van der Waals surface area (Å²) in [5, 5.41) is 11.1. The summed E-state index contributed by atoms with van der Waals surface area (Å²) in [6.45, 7) is 5.97. The molecule has 0 bridgehead atoms. The Morgan fingerprint density at radius 3 is 2.47 bits per heavy atom. The van der Waals surface area contributed by atoms with Crippen molar-refractivity contribution in [2.45, 2.75) is 26.9 Å². The summed E-state index contributed by atoms with van der Waals surface area (Å²) in [5.41, 5.74) is 0.629. The molecule has 1 N–H and O–H groups in total. The van der Waals surface area contributed by atoms with E-state index in [1.165, 1.54) is 0 Å². The number of aliphatic hydroxyl groups excluding tert-OH is 1. The van der Waals surface area contributed by atoms with Crippen LogP contribution in [0, 0.1) is 5.41 Å². The molecule has 80 valence electrons. The molecule has 15 heavy (non-hydrogen) atoms. The van der Waals surface area contributed by atoms with Crippen molar-refractivity contribution in [2.75, 3.05) is 0 Å². The molecule has 0 fully saturated rings. The van der Waals surface area contributed by atoms with Crippen LogP contribution in [-0.4, -0.2) is 5.11 Å². The molecule has 2 aromatic rings. The van der Waals surface area contributed by atoms with Gasteiger partial charge in [0.25, 0.3) is 0 Å². The summed E-state index contributed by atoms with van der Waals surface area (Å²) in [7, 11) is 0. The van der Waals surface area contributed by atoms with Crippen LogP contribution in [-0.2, 0) is 0 Å². The first-order valence-electron chi connectivity index (χ1n) is 5.15. The van der Waals surface area contributed by atoms with Gasteiger partial charge in [-0.05, 0) is 17.5 Å². The van der Waals surface area contributed by atoms with Gasteiger partial charge in [-0.1, -0.05) is 39.0 Å². The molecule has 0 aliphatic heterocycles. The number of hydrogen-bond donors (Lipinski definition) is 1. The van der Waals surface area contributed by atoms with E-state index in [2.05, 4.69) is 0 Å². The Hall–Kier alpha value is -1.28. The monoisotopic (exact) mass is 204 g/mol. The van der Waals surface area contributed by atoms with Crippen molar-refractivity contribution in [3.8, 4) is 0 Å². The van der Waals surface area contributed by atoms with Gasteiger partial charge in [-0.2, -0.15) is 0 Å². The maximum Gasteiger partial charge on any atom is 0.134 e. The topological polar surface area (TPSA) is 33.4 Å². The third kappa shape index (κ3) is 1.90. The molecule has 1 heterocycles. The Bertz CT molecular complexity index is 430. The molecule has 2 nitrogen and oxygen atoms in total. The predicted octanol–water partition coefficient (Wildman–Crippen LogP) is 3.51. The van der Waals surface area contributed by atoms with Gasteiger partial charge in [0.2, 0.25) is 0 Å². The van der Waals surface area contributed by atoms with Gasteiger partial charge in [0, 0.05) is 5.39 Å². The fourth-order valence-electron chi connectivity index (χ4n) is 1.56. The van der Waals surface area contributed by atoms with Crippen LogP contribution in [0.15, 0.2) is 34.7 Å². The molecular weight excluding hydrogens is 188 g/mol. The molecule has 1 unspecified atom stereocenters. The summed E-state index contributed by atoms with van der Waals surface area (Å²) in [4.78, 5) is 0. The van der Waals surface area contributed by atoms with E-state index in [0.717, 1.165) is 11.0 Å². The van der Waals surface area contributed by atoms with Crippen LogP contribution in [0.5, 0.6) is 0 Å². The van der Waals surface area contributed by atoms with Gasteiger partial charge >= 0.3 is 0 Å². The first-order chi connectivity index (χ1) is 6.98. The van der Waals surface area contributed by atoms with Gasteiger partial charge in [0.15, 0.2) is 0 Å². The van der Waals surface area contributed by atoms with E-state index in [4.69, 9.17) is 4.42 Å². The lowest BCUT2D eigenvalue weighted by Gasteiger charge is -2.23. The number of hydrogen-bond acceptors (Lipinski definition) is 2. The second-order valence-electron chi connectivity index (χ2n) is 4.96. The number of furan rings is 1. The maximum absolute atomic E-state index is 10.1. The minimum atomic E-state index is -0.565. The van der Waals surface area contributed by atoms with E-state index in [9.17, 15) is 5.11 Å². The molecule has 2 heteroatoms. The van der Waals surface area contributed by atoms with Crippen LogP contribution in [0.1, 0.15) is 32.6 Å². The van der Waals surface area contributed by atoms with Crippen molar-refractivity contribution in [2.24, 2.45) is 5.41 Å². The number of para-hydroxylation sites is 1. The van der Waals surface area contributed by atoms with Crippen molar-refractivity contribution in [1.82, 2.24) is 0 Å². The summed E-state index contributed by atoms with van der Waals surface area (Å²) >= 11 is 0. The molecular formula is C13H16O2. The zero-order valence-corrected chi connectivity index (χ0v) is 9.32. The van der Waals surface area contributed by atoms with Crippen LogP contribution in [0.3, 0.4) is 0 Å². The Morgan fingerprint density at radius 2 is 1.87 bits per heavy atom. The third-order valence-electron chi connectivity index (χ3n) is 2.53. The highest BCUT2D eigenvalue weighted by atomic mass is 16.4. The average Bonchev–Trinajstić information content (AvgIpc) is 2.58. The predicted molar refractivity (Wildman–Crippen MR) is 60.6 cm³/mol. The zero-order valence-electron chi connectivity index (χ0n) is 9.32. The van der Waals surface area contributed by atoms with Crippen LogP contribution < -0.4 is 0 Å². The fourth-order valence-corrected chi connectivity index (χ4v) is 1.56. The molecule has 1 atom stereocenters. The smallest absolute Gasteiger partial charge is 0.134 e. The van der Waals surface area contributed by atoms with Crippen molar-refractivity contribution >= 4 is 11.0 Å². The van der Waals surface area contributed by atoms with Gasteiger partial charge < -0.3 is 9.52 Å². The fraction of sp³-hybridized carbons (Fsp3) is 0.385. The van der Waals surface area contributed by atoms with E-state index >= 15 is 0 Å². The zero-order chi connectivity index (χ0) is 11.1. The summed E-state index contributed by atoms with van der Waals surface area (Å²) in [5.74, 6) is 0.642. The standard InChI is InChI=1S/C13H16O2/c1-13(2,3)12(14)11-8-9-6-4-5-7-10(9)15-11/h4-8,12,14H,1-3H3. The minimum absolute atomic E-state index is 0.201. The van der Waals surface area contributed by atoms with E-state index in [0.29, 0.717) is 5.76 Å². The van der Waals surface area contributed by atoms with E-state index in [1.807, 2.05) is 51.1 Å². The Labute approximate surface area is 89.5 Å². The highest BCUT2D eigenvalue weighted by Gasteiger charge is 2.26. The molecule has 0 radical (unpaired) electrons. The van der Waals surface area contributed by atoms with Crippen molar-refractivity contribution in [1.29, 1.82) is 0 Å². The van der Waals surface area contributed by atoms with Crippen LogP contribution in [0.4, 0.5) is 0 Å². The molecule has 1 aromatic carbocycles. The first kappa shape index (κ1) is 10.2. The minimum Gasteiger partial charge on any atom is -0.458 e.